The minimum absolute atomic E-state index is 0.434. The SMILES string of the molecule is O=C(O)[C@H](CC1CC1)Oc1ccc(Cl)cc1-c1ccno1. The molecule has 0 saturated heterocycles. The minimum atomic E-state index is -0.958. The van der Waals surface area contributed by atoms with Gasteiger partial charge in [0.05, 0.1) is 11.8 Å². The predicted octanol–water partition coefficient (Wildman–Crippen LogP) is 3.63. The summed E-state index contributed by atoms with van der Waals surface area (Å²) in [5.74, 6) is 0.416. The van der Waals surface area contributed by atoms with Crippen LogP contribution in [-0.2, 0) is 4.79 Å². The van der Waals surface area contributed by atoms with E-state index in [1.54, 1.807) is 24.3 Å². The highest BCUT2D eigenvalue weighted by atomic mass is 35.5. The van der Waals surface area contributed by atoms with Crippen molar-refractivity contribution in [2.45, 2.75) is 25.4 Å². The van der Waals surface area contributed by atoms with E-state index >= 15 is 0 Å². The Morgan fingerprint density at radius 3 is 2.90 bits per heavy atom. The molecule has 0 unspecified atom stereocenters. The Bertz CT molecular complexity index is 637. The molecule has 1 saturated carbocycles. The molecule has 0 radical (unpaired) electrons. The smallest absolute Gasteiger partial charge is 0.344 e. The molecule has 5 nitrogen and oxygen atoms in total. The number of aromatic nitrogens is 1. The van der Waals surface area contributed by atoms with Crippen LogP contribution in [0.15, 0.2) is 35.0 Å². The van der Waals surface area contributed by atoms with E-state index in [4.69, 9.17) is 20.9 Å². The van der Waals surface area contributed by atoms with E-state index in [9.17, 15) is 9.90 Å². The van der Waals surface area contributed by atoms with E-state index in [2.05, 4.69) is 5.16 Å². The fraction of sp³-hybridized carbons (Fsp3) is 0.333. The van der Waals surface area contributed by atoms with Gasteiger partial charge in [-0.1, -0.05) is 29.6 Å². The van der Waals surface area contributed by atoms with E-state index < -0.39 is 12.1 Å². The molecular formula is C15H14ClNO4. The molecule has 21 heavy (non-hydrogen) atoms. The first kappa shape index (κ1) is 13.9. The largest absolute Gasteiger partial charge is 0.479 e. The van der Waals surface area contributed by atoms with Gasteiger partial charge < -0.3 is 14.4 Å². The molecule has 0 spiro atoms. The molecule has 1 atom stereocenters. The van der Waals surface area contributed by atoms with Crippen molar-refractivity contribution in [1.82, 2.24) is 5.16 Å². The number of hydrogen-bond acceptors (Lipinski definition) is 4. The number of carboxylic acids is 1. The fourth-order valence-corrected chi connectivity index (χ4v) is 2.33. The quantitative estimate of drug-likeness (QED) is 0.882. The highest BCUT2D eigenvalue weighted by molar-refractivity contribution is 6.30. The lowest BCUT2D eigenvalue weighted by atomic mass is 10.1. The van der Waals surface area contributed by atoms with Gasteiger partial charge in [-0.05, 0) is 30.5 Å². The van der Waals surface area contributed by atoms with Crippen LogP contribution in [-0.4, -0.2) is 22.3 Å². The number of halogens is 1. The third-order valence-corrected chi connectivity index (χ3v) is 3.67. The van der Waals surface area contributed by atoms with Crippen molar-refractivity contribution < 1.29 is 19.2 Å². The number of nitrogens with zero attached hydrogens (tertiary/aromatic N) is 1. The van der Waals surface area contributed by atoms with Gasteiger partial charge in [-0.3, -0.25) is 0 Å². The number of ether oxygens (including phenoxy) is 1. The molecule has 0 bridgehead atoms. The van der Waals surface area contributed by atoms with Crippen LogP contribution in [0.25, 0.3) is 11.3 Å². The standard InChI is InChI=1S/C15H14ClNO4/c16-10-3-4-12(11(8-10)13-5-6-17-21-13)20-14(15(18)19)7-9-1-2-9/h3-6,8-9,14H,1-2,7H2,(H,18,19)/t14-/m0/s1. The summed E-state index contributed by atoms with van der Waals surface area (Å²) in [6.45, 7) is 0. The second-order valence-corrected chi connectivity index (χ2v) is 5.58. The maximum atomic E-state index is 11.3. The molecule has 1 aromatic carbocycles. The van der Waals surface area contributed by atoms with Crippen LogP contribution >= 0.6 is 11.6 Å². The third-order valence-electron chi connectivity index (χ3n) is 3.43. The lowest BCUT2D eigenvalue weighted by Crippen LogP contribution is -2.27. The molecule has 1 N–H and O–H groups in total. The van der Waals surface area contributed by atoms with Crippen molar-refractivity contribution in [2.24, 2.45) is 5.92 Å². The van der Waals surface area contributed by atoms with Gasteiger partial charge in [0.1, 0.15) is 5.75 Å². The molecule has 1 aliphatic carbocycles. The topological polar surface area (TPSA) is 72.6 Å². The van der Waals surface area contributed by atoms with Gasteiger partial charge in [-0.15, -0.1) is 0 Å². The molecule has 0 amide bonds. The maximum absolute atomic E-state index is 11.3. The van der Waals surface area contributed by atoms with Gasteiger partial charge in [-0.2, -0.15) is 0 Å². The second kappa shape index (κ2) is 5.77. The van der Waals surface area contributed by atoms with Crippen LogP contribution in [0, 0.1) is 5.92 Å². The normalized spacial score (nSPS) is 15.7. The average Bonchev–Trinajstić information content (AvgIpc) is 3.10. The summed E-state index contributed by atoms with van der Waals surface area (Å²) >= 11 is 5.99. The lowest BCUT2D eigenvalue weighted by molar-refractivity contribution is -0.145. The Hall–Kier alpha value is -2.01. The molecular weight excluding hydrogens is 294 g/mol. The third kappa shape index (κ3) is 3.36. The summed E-state index contributed by atoms with van der Waals surface area (Å²) in [5, 5.41) is 13.5. The van der Waals surface area contributed by atoms with Gasteiger partial charge in [-0.25, -0.2) is 4.79 Å². The molecule has 1 aliphatic rings. The highest BCUT2D eigenvalue weighted by Gasteiger charge is 2.31. The van der Waals surface area contributed by atoms with Gasteiger partial charge >= 0.3 is 5.97 Å². The summed E-state index contributed by atoms with van der Waals surface area (Å²) in [4.78, 5) is 11.3. The Morgan fingerprint density at radius 2 is 2.29 bits per heavy atom. The molecule has 1 heterocycles. The van der Waals surface area contributed by atoms with Crippen molar-refractivity contribution >= 4 is 17.6 Å². The van der Waals surface area contributed by atoms with Crippen molar-refractivity contribution in [3.63, 3.8) is 0 Å². The van der Waals surface area contributed by atoms with Crippen molar-refractivity contribution in [2.75, 3.05) is 0 Å². The zero-order chi connectivity index (χ0) is 14.8. The van der Waals surface area contributed by atoms with Crippen LogP contribution in [0.5, 0.6) is 5.75 Å². The molecule has 1 aromatic heterocycles. The van der Waals surface area contributed by atoms with Crippen molar-refractivity contribution in [3.05, 3.63) is 35.5 Å². The molecule has 6 heteroatoms. The summed E-state index contributed by atoms with van der Waals surface area (Å²) in [5.41, 5.74) is 0.599. The monoisotopic (exact) mass is 307 g/mol. The number of carboxylic acid groups (broad SMARTS) is 1. The van der Waals surface area contributed by atoms with Crippen LogP contribution < -0.4 is 4.74 Å². The molecule has 1 fully saturated rings. The van der Waals surface area contributed by atoms with Crippen LogP contribution in [0.1, 0.15) is 19.3 Å². The van der Waals surface area contributed by atoms with Crippen molar-refractivity contribution in [1.29, 1.82) is 0 Å². The number of benzene rings is 1. The van der Waals surface area contributed by atoms with E-state index in [1.165, 1.54) is 6.20 Å². The minimum Gasteiger partial charge on any atom is -0.479 e. The first-order chi connectivity index (χ1) is 10.1. The van der Waals surface area contributed by atoms with Gasteiger partial charge in [0, 0.05) is 11.1 Å². The Morgan fingerprint density at radius 1 is 1.48 bits per heavy atom. The number of aliphatic carboxylic acids is 1. The first-order valence-electron chi connectivity index (χ1n) is 6.73. The number of hydrogen-bond donors (Lipinski definition) is 1. The fourth-order valence-electron chi connectivity index (χ4n) is 2.16. The second-order valence-electron chi connectivity index (χ2n) is 5.14. The van der Waals surface area contributed by atoms with Crippen LogP contribution in [0.2, 0.25) is 5.02 Å². The van der Waals surface area contributed by atoms with E-state index in [1.807, 2.05) is 0 Å². The lowest BCUT2D eigenvalue weighted by Gasteiger charge is -2.17. The number of rotatable bonds is 6. The highest BCUT2D eigenvalue weighted by Crippen LogP contribution is 2.37. The van der Waals surface area contributed by atoms with Crippen LogP contribution in [0.3, 0.4) is 0 Å². The number of carbonyl (C=O) groups is 1. The van der Waals surface area contributed by atoms with Gasteiger partial charge in [0.2, 0.25) is 0 Å². The summed E-state index contributed by atoms with van der Waals surface area (Å²) in [7, 11) is 0. The van der Waals surface area contributed by atoms with E-state index in [0.29, 0.717) is 34.4 Å². The van der Waals surface area contributed by atoms with E-state index in [0.717, 1.165) is 12.8 Å². The van der Waals surface area contributed by atoms with Gasteiger partial charge in [0.15, 0.2) is 11.9 Å². The molecule has 3 rings (SSSR count). The zero-order valence-electron chi connectivity index (χ0n) is 11.2. The maximum Gasteiger partial charge on any atom is 0.344 e. The summed E-state index contributed by atoms with van der Waals surface area (Å²) in [6, 6.07) is 6.67. The summed E-state index contributed by atoms with van der Waals surface area (Å²) in [6.07, 6.45) is 3.32. The first-order valence-corrected chi connectivity index (χ1v) is 7.11. The van der Waals surface area contributed by atoms with E-state index in [-0.39, 0.29) is 0 Å². The Balaban J connectivity index is 1.88. The molecule has 2 aromatic rings. The predicted molar refractivity (Wildman–Crippen MR) is 76.3 cm³/mol. The average molecular weight is 308 g/mol. The Labute approximate surface area is 126 Å². The van der Waals surface area contributed by atoms with Crippen molar-refractivity contribution in [3.8, 4) is 17.1 Å². The van der Waals surface area contributed by atoms with Gasteiger partial charge in [0.25, 0.3) is 0 Å². The molecule has 110 valence electrons. The zero-order valence-corrected chi connectivity index (χ0v) is 11.9. The summed E-state index contributed by atoms with van der Waals surface area (Å²) < 4.78 is 10.8. The molecule has 0 aliphatic heterocycles. The van der Waals surface area contributed by atoms with Crippen LogP contribution in [0.4, 0.5) is 0 Å². The Kier molecular flexibility index (Phi) is 3.84.